The van der Waals surface area contributed by atoms with Crippen molar-refractivity contribution in [2.45, 2.75) is 18.7 Å². The van der Waals surface area contributed by atoms with Gasteiger partial charge in [-0.3, -0.25) is 14.4 Å². The average molecular weight is 322 g/mol. The maximum absolute atomic E-state index is 12.5. The van der Waals surface area contributed by atoms with Crippen LogP contribution in [0, 0.1) is 13.8 Å². The molecule has 0 spiro atoms. The third-order valence-electron chi connectivity index (χ3n) is 3.44. The standard InChI is InChI=1S/C13H14N4O4S/c1-7-12(8(2)15-14-7)16-22(19,20)9-4-5-10-11(6-9)21-13(18)17(10)3/h4-6,16H,1-3H3,(H,14,15). The van der Waals surface area contributed by atoms with Gasteiger partial charge in [0.05, 0.1) is 27.5 Å². The van der Waals surface area contributed by atoms with Crippen molar-refractivity contribution < 1.29 is 12.8 Å². The molecule has 0 aliphatic carbocycles. The lowest BCUT2D eigenvalue weighted by Gasteiger charge is -2.08. The first-order valence-electron chi connectivity index (χ1n) is 6.43. The molecular weight excluding hydrogens is 308 g/mol. The highest BCUT2D eigenvalue weighted by molar-refractivity contribution is 7.92. The van der Waals surface area contributed by atoms with Crippen molar-refractivity contribution in [3.8, 4) is 0 Å². The van der Waals surface area contributed by atoms with Crippen LogP contribution in [0.25, 0.3) is 11.1 Å². The van der Waals surface area contributed by atoms with Crippen LogP contribution < -0.4 is 10.5 Å². The van der Waals surface area contributed by atoms with E-state index in [1.54, 1.807) is 20.9 Å². The predicted molar refractivity (Wildman–Crippen MR) is 80.3 cm³/mol. The highest BCUT2D eigenvalue weighted by atomic mass is 32.2. The van der Waals surface area contributed by atoms with E-state index in [0.717, 1.165) is 0 Å². The number of aromatic amines is 1. The first-order chi connectivity index (χ1) is 10.3. The molecule has 0 amide bonds. The summed E-state index contributed by atoms with van der Waals surface area (Å²) in [6.07, 6.45) is 0. The van der Waals surface area contributed by atoms with E-state index >= 15 is 0 Å². The normalized spacial score (nSPS) is 12.0. The van der Waals surface area contributed by atoms with Gasteiger partial charge in [0, 0.05) is 13.1 Å². The summed E-state index contributed by atoms with van der Waals surface area (Å²) in [5.74, 6) is -0.543. The van der Waals surface area contributed by atoms with E-state index in [0.29, 0.717) is 22.6 Å². The molecule has 0 saturated heterocycles. The first kappa shape index (κ1) is 14.4. The van der Waals surface area contributed by atoms with Crippen molar-refractivity contribution in [3.63, 3.8) is 0 Å². The van der Waals surface area contributed by atoms with Crippen molar-refractivity contribution in [1.29, 1.82) is 0 Å². The van der Waals surface area contributed by atoms with Gasteiger partial charge in [0.2, 0.25) is 0 Å². The Hall–Kier alpha value is -2.55. The van der Waals surface area contributed by atoms with Gasteiger partial charge in [-0.2, -0.15) is 5.10 Å². The topological polar surface area (TPSA) is 110 Å². The summed E-state index contributed by atoms with van der Waals surface area (Å²) in [6, 6.07) is 4.28. The zero-order valence-corrected chi connectivity index (χ0v) is 13.0. The zero-order valence-electron chi connectivity index (χ0n) is 12.2. The number of aryl methyl sites for hydroxylation is 3. The Morgan fingerprint density at radius 1 is 1.32 bits per heavy atom. The molecule has 0 unspecified atom stereocenters. The molecule has 2 aromatic heterocycles. The lowest BCUT2D eigenvalue weighted by Crippen LogP contribution is -2.14. The van der Waals surface area contributed by atoms with Crippen LogP contribution in [0.1, 0.15) is 11.4 Å². The van der Waals surface area contributed by atoms with Crippen molar-refractivity contribution in [2.75, 3.05) is 4.72 Å². The minimum absolute atomic E-state index is 0.00866. The fourth-order valence-corrected chi connectivity index (χ4v) is 3.37. The highest BCUT2D eigenvalue weighted by Gasteiger charge is 2.19. The van der Waals surface area contributed by atoms with Gasteiger partial charge in [-0.1, -0.05) is 0 Å². The molecule has 0 radical (unpaired) electrons. The second-order valence-electron chi connectivity index (χ2n) is 4.97. The van der Waals surface area contributed by atoms with Crippen LogP contribution in [0.5, 0.6) is 0 Å². The molecule has 0 saturated carbocycles. The second kappa shape index (κ2) is 4.73. The molecule has 0 aliphatic rings. The van der Waals surface area contributed by atoms with Gasteiger partial charge in [-0.25, -0.2) is 13.2 Å². The number of aromatic nitrogens is 3. The van der Waals surface area contributed by atoms with E-state index in [1.165, 1.54) is 22.8 Å². The summed E-state index contributed by atoms with van der Waals surface area (Å²) in [6.45, 7) is 3.41. The molecule has 0 aliphatic heterocycles. The van der Waals surface area contributed by atoms with Gasteiger partial charge in [0.15, 0.2) is 5.58 Å². The number of benzene rings is 1. The van der Waals surface area contributed by atoms with E-state index in [2.05, 4.69) is 14.9 Å². The molecule has 1 aromatic carbocycles. The largest absolute Gasteiger partial charge is 0.419 e. The third kappa shape index (κ3) is 2.19. The monoisotopic (exact) mass is 322 g/mol. The van der Waals surface area contributed by atoms with Gasteiger partial charge in [0.25, 0.3) is 10.0 Å². The lowest BCUT2D eigenvalue weighted by molar-refractivity contribution is 0.527. The Bertz CT molecular complexity index is 1010. The Morgan fingerprint density at radius 3 is 2.68 bits per heavy atom. The van der Waals surface area contributed by atoms with E-state index < -0.39 is 15.8 Å². The number of fused-ring (bicyclic) bond motifs is 1. The molecule has 0 atom stereocenters. The number of sulfonamides is 1. The van der Waals surface area contributed by atoms with E-state index in [4.69, 9.17) is 4.42 Å². The summed E-state index contributed by atoms with van der Waals surface area (Å²) in [5, 5.41) is 6.66. The van der Waals surface area contributed by atoms with Crippen molar-refractivity contribution in [2.24, 2.45) is 7.05 Å². The van der Waals surface area contributed by atoms with Crippen LogP contribution in [0.2, 0.25) is 0 Å². The molecule has 116 valence electrons. The van der Waals surface area contributed by atoms with E-state index in [-0.39, 0.29) is 10.5 Å². The molecule has 8 nitrogen and oxygen atoms in total. The molecule has 0 bridgehead atoms. The smallest absolute Gasteiger partial charge is 0.408 e. The number of hydrogen-bond donors (Lipinski definition) is 2. The molecule has 0 fully saturated rings. The number of oxazole rings is 1. The van der Waals surface area contributed by atoms with Crippen LogP contribution in [0.4, 0.5) is 5.69 Å². The number of hydrogen-bond acceptors (Lipinski definition) is 5. The van der Waals surface area contributed by atoms with Gasteiger partial charge < -0.3 is 4.42 Å². The quantitative estimate of drug-likeness (QED) is 0.754. The highest BCUT2D eigenvalue weighted by Crippen LogP contribution is 2.23. The predicted octanol–water partition coefficient (Wildman–Crippen LogP) is 1.27. The Morgan fingerprint density at radius 2 is 2.05 bits per heavy atom. The van der Waals surface area contributed by atoms with Crippen LogP contribution >= 0.6 is 0 Å². The summed E-state index contributed by atoms with van der Waals surface area (Å²) in [4.78, 5) is 11.5. The average Bonchev–Trinajstić information content (AvgIpc) is 2.92. The lowest BCUT2D eigenvalue weighted by atomic mass is 10.3. The summed E-state index contributed by atoms with van der Waals surface area (Å²) in [5.41, 5.74) is 2.33. The third-order valence-corrected chi connectivity index (χ3v) is 4.79. The van der Waals surface area contributed by atoms with Crippen LogP contribution in [0.15, 0.2) is 32.3 Å². The maximum Gasteiger partial charge on any atom is 0.419 e. The van der Waals surface area contributed by atoms with E-state index in [9.17, 15) is 13.2 Å². The van der Waals surface area contributed by atoms with Crippen molar-refractivity contribution >= 4 is 26.8 Å². The molecule has 3 aromatic rings. The molecule has 2 N–H and O–H groups in total. The van der Waals surface area contributed by atoms with Gasteiger partial charge >= 0.3 is 5.76 Å². The summed E-state index contributed by atoms with van der Waals surface area (Å²) in [7, 11) is -2.25. The molecule has 22 heavy (non-hydrogen) atoms. The molecule has 2 heterocycles. The number of nitrogens with one attached hydrogen (secondary N) is 2. The summed E-state index contributed by atoms with van der Waals surface area (Å²) >= 11 is 0. The fraction of sp³-hybridized carbons (Fsp3) is 0.231. The van der Waals surface area contributed by atoms with Gasteiger partial charge in [-0.15, -0.1) is 0 Å². The van der Waals surface area contributed by atoms with Crippen LogP contribution in [-0.2, 0) is 17.1 Å². The second-order valence-corrected chi connectivity index (χ2v) is 6.65. The SMILES string of the molecule is Cc1n[nH]c(C)c1NS(=O)(=O)c1ccc2c(c1)oc(=O)n2C. The van der Waals surface area contributed by atoms with E-state index in [1.807, 2.05) is 0 Å². The minimum atomic E-state index is -3.80. The zero-order chi connectivity index (χ0) is 16.1. The Balaban J connectivity index is 2.07. The van der Waals surface area contributed by atoms with Crippen molar-refractivity contribution in [3.05, 3.63) is 40.1 Å². The first-order valence-corrected chi connectivity index (χ1v) is 7.92. The Labute approximate surface area is 125 Å². The minimum Gasteiger partial charge on any atom is -0.408 e. The molecule has 3 rings (SSSR count). The maximum atomic E-state index is 12.5. The number of H-pyrrole nitrogens is 1. The fourth-order valence-electron chi connectivity index (χ4n) is 2.18. The van der Waals surface area contributed by atoms with Crippen LogP contribution in [-0.4, -0.2) is 23.2 Å². The molecule has 9 heteroatoms. The Kier molecular flexibility index (Phi) is 3.10. The van der Waals surface area contributed by atoms with Gasteiger partial charge in [0.1, 0.15) is 0 Å². The van der Waals surface area contributed by atoms with Crippen LogP contribution in [0.3, 0.4) is 0 Å². The number of nitrogens with zero attached hydrogens (tertiary/aromatic N) is 2. The number of anilines is 1. The number of rotatable bonds is 3. The van der Waals surface area contributed by atoms with Crippen molar-refractivity contribution in [1.82, 2.24) is 14.8 Å². The summed E-state index contributed by atoms with van der Waals surface area (Å²) < 4.78 is 33.7. The van der Waals surface area contributed by atoms with Gasteiger partial charge in [-0.05, 0) is 26.0 Å². The molecular formula is C13H14N4O4S.